The van der Waals surface area contributed by atoms with Crippen molar-refractivity contribution in [2.75, 3.05) is 18.5 Å². The summed E-state index contributed by atoms with van der Waals surface area (Å²) in [5.74, 6) is -0.412. The third-order valence-corrected chi connectivity index (χ3v) is 2.33. The van der Waals surface area contributed by atoms with Crippen molar-refractivity contribution < 1.29 is 14.2 Å². The van der Waals surface area contributed by atoms with Crippen LogP contribution in [0.15, 0.2) is 18.2 Å². The third kappa shape index (κ3) is 6.19. The lowest BCUT2D eigenvalue weighted by atomic mass is 10.2. The Morgan fingerprint density at radius 3 is 2.61 bits per heavy atom. The van der Waals surface area contributed by atoms with Crippen LogP contribution in [0.2, 0.25) is 5.02 Å². The van der Waals surface area contributed by atoms with Crippen molar-refractivity contribution in [3.8, 4) is 0 Å². The van der Waals surface area contributed by atoms with Gasteiger partial charge in [0, 0.05) is 17.3 Å². The summed E-state index contributed by atoms with van der Waals surface area (Å²) in [6.07, 6.45) is -0.661. The maximum atomic E-state index is 13.0. The first kappa shape index (κ1) is 15.2. The molecule has 0 spiro atoms. The second kappa shape index (κ2) is 6.36. The molecule has 0 aliphatic carbocycles. The van der Waals surface area contributed by atoms with Gasteiger partial charge in [0.1, 0.15) is 5.82 Å². The zero-order valence-corrected chi connectivity index (χ0v) is 11.6. The number of nitrogens with one attached hydrogen (secondary N) is 1. The highest BCUT2D eigenvalue weighted by atomic mass is 35.5. The Morgan fingerprint density at radius 1 is 1.39 bits per heavy atom. The Morgan fingerprint density at radius 2 is 2.06 bits per heavy atom. The number of rotatable bonds is 5. The molecule has 0 aliphatic rings. The van der Waals surface area contributed by atoms with Gasteiger partial charge in [0.15, 0.2) is 0 Å². The lowest BCUT2D eigenvalue weighted by Gasteiger charge is -2.22. The van der Waals surface area contributed by atoms with E-state index < -0.39 is 11.9 Å². The van der Waals surface area contributed by atoms with Crippen LogP contribution >= 0.6 is 11.6 Å². The molecule has 1 aromatic rings. The topological polar surface area (TPSA) is 41.5 Å². The Hall–Kier alpha value is -0.840. The van der Waals surface area contributed by atoms with Gasteiger partial charge in [-0.05, 0) is 39.0 Å². The maximum Gasteiger partial charge on any atom is 0.126 e. The van der Waals surface area contributed by atoms with Crippen molar-refractivity contribution in [2.24, 2.45) is 0 Å². The van der Waals surface area contributed by atoms with Crippen molar-refractivity contribution in [3.63, 3.8) is 0 Å². The Bertz CT molecular complexity index is 373. The molecule has 5 heteroatoms. The molecule has 0 saturated carbocycles. The summed E-state index contributed by atoms with van der Waals surface area (Å²) < 4.78 is 18.5. The van der Waals surface area contributed by atoms with Gasteiger partial charge in [-0.15, -0.1) is 0 Å². The monoisotopic (exact) mass is 275 g/mol. The van der Waals surface area contributed by atoms with E-state index in [1.165, 1.54) is 12.1 Å². The van der Waals surface area contributed by atoms with E-state index in [1.807, 2.05) is 20.8 Å². The maximum absolute atomic E-state index is 13.0. The molecule has 1 aromatic carbocycles. The number of aliphatic hydroxyl groups excluding tert-OH is 1. The average Bonchev–Trinajstić information content (AvgIpc) is 2.21. The molecule has 3 nitrogen and oxygen atoms in total. The van der Waals surface area contributed by atoms with Crippen LogP contribution in [-0.4, -0.2) is 30.0 Å². The highest BCUT2D eigenvalue weighted by molar-refractivity contribution is 6.30. The van der Waals surface area contributed by atoms with E-state index in [9.17, 15) is 9.50 Å². The minimum Gasteiger partial charge on any atom is -0.389 e. The Balaban J connectivity index is 2.40. The van der Waals surface area contributed by atoms with Crippen molar-refractivity contribution in [1.82, 2.24) is 0 Å². The molecular formula is C13H19ClFNO2. The van der Waals surface area contributed by atoms with Crippen LogP contribution in [0.1, 0.15) is 20.8 Å². The van der Waals surface area contributed by atoms with Crippen LogP contribution in [0.3, 0.4) is 0 Å². The fourth-order valence-corrected chi connectivity index (χ4v) is 1.52. The van der Waals surface area contributed by atoms with E-state index >= 15 is 0 Å². The van der Waals surface area contributed by atoms with Gasteiger partial charge in [0.05, 0.1) is 18.3 Å². The van der Waals surface area contributed by atoms with Gasteiger partial charge in [0.2, 0.25) is 0 Å². The first-order valence-corrected chi connectivity index (χ1v) is 6.16. The van der Waals surface area contributed by atoms with Gasteiger partial charge in [-0.25, -0.2) is 4.39 Å². The average molecular weight is 276 g/mol. The van der Waals surface area contributed by atoms with Crippen LogP contribution in [0.25, 0.3) is 0 Å². The molecule has 0 amide bonds. The molecule has 0 bridgehead atoms. The number of hydrogen-bond donors (Lipinski definition) is 2. The summed E-state index contributed by atoms with van der Waals surface area (Å²) in [6, 6.07) is 4.15. The number of anilines is 1. The summed E-state index contributed by atoms with van der Waals surface area (Å²) in [7, 11) is 0. The molecule has 102 valence electrons. The van der Waals surface area contributed by atoms with E-state index in [4.69, 9.17) is 16.3 Å². The van der Waals surface area contributed by atoms with Crippen LogP contribution in [0, 0.1) is 5.82 Å². The summed E-state index contributed by atoms with van der Waals surface area (Å²) in [4.78, 5) is 0. The van der Waals surface area contributed by atoms with E-state index in [2.05, 4.69) is 5.32 Å². The summed E-state index contributed by atoms with van der Waals surface area (Å²) in [5, 5.41) is 12.9. The molecule has 1 atom stereocenters. The summed E-state index contributed by atoms with van der Waals surface area (Å²) in [6.45, 7) is 6.24. The Kier molecular flexibility index (Phi) is 5.38. The summed E-state index contributed by atoms with van der Waals surface area (Å²) in [5.41, 5.74) is 0.248. The molecule has 0 fully saturated rings. The lowest BCUT2D eigenvalue weighted by molar-refractivity contribution is -0.0449. The molecule has 18 heavy (non-hydrogen) atoms. The first-order valence-electron chi connectivity index (χ1n) is 5.78. The van der Waals surface area contributed by atoms with Crippen LogP contribution in [0.5, 0.6) is 0 Å². The van der Waals surface area contributed by atoms with Gasteiger partial charge in [0.25, 0.3) is 0 Å². The molecule has 0 aliphatic heterocycles. The quantitative estimate of drug-likeness (QED) is 0.868. The van der Waals surface area contributed by atoms with Gasteiger partial charge in [-0.1, -0.05) is 11.6 Å². The van der Waals surface area contributed by atoms with Crippen molar-refractivity contribution in [1.29, 1.82) is 0 Å². The zero-order chi connectivity index (χ0) is 13.8. The van der Waals surface area contributed by atoms with E-state index in [0.717, 1.165) is 0 Å². The van der Waals surface area contributed by atoms with Crippen LogP contribution in [0.4, 0.5) is 10.1 Å². The predicted octanol–water partition coefficient (Wildman–Crippen LogP) is 3.07. The zero-order valence-electron chi connectivity index (χ0n) is 10.8. The van der Waals surface area contributed by atoms with E-state index in [0.29, 0.717) is 10.7 Å². The number of halogens is 2. The minimum absolute atomic E-state index is 0.222. The normalized spacial score (nSPS) is 13.4. The number of benzene rings is 1. The van der Waals surface area contributed by atoms with Crippen molar-refractivity contribution in [3.05, 3.63) is 29.0 Å². The molecule has 0 radical (unpaired) electrons. The van der Waals surface area contributed by atoms with E-state index in [1.54, 1.807) is 6.07 Å². The van der Waals surface area contributed by atoms with Gasteiger partial charge >= 0.3 is 0 Å². The largest absolute Gasteiger partial charge is 0.389 e. The van der Waals surface area contributed by atoms with Crippen LogP contribution < -0.4 is 5.32 Å². The van der Waals surface area contributed by atoms with Crippen molar-refractivity contribution in [2.45, 2.75) is 32.5 Å². The smallest absolute Gasteiger partial charge is 0.126 e. The second-order valence-electron chi connectivity index (χ2n) is 5.12. The fourth-order valence-electron chi connectivity index (χ4n) is 1.30. The van der Waals surface area contributed by atoms with Crippen LogP contribution in [-0.2, 0) is 4.74 Å². The molecule has 2 N–H and O–H groups in total. The van der Waals surface area contributed by atoms with Gasteiger partial charge < -0.3 is 15.2 Å². The lowest BCUT2D eigenvalue weighted by Crippen LogP contribution is -2.30. The van der Waals surface area contributed by atoms with Crippen molar-refractivity contribution >= 4 is 17.3 Å². The number of ether oxygens (including phenoxy) is 1. The molecule has 0 saturated heterocycles. The molecule has 0 heterocycles. The number of hydrogen-bond acceptors (Lipinski definition) is 3. The molecular weight excluding hydrogens is 257 g/mol. The standard InChI is InChI=1S/C13H19ClFNO2/c1-13(2,3)18-8-12(17)7-16-11-5-9(14)4-10(15)6-11/h4-6,12,16-17H,7-8H2,1-3H3. The third-order valence-electron chi connectivity index (χ3n) is 2.11. The SMILES string of the molecule is CC(C)(C)OCC(O)CNc1cc(F)cc(Cl)c1. The molecule has 1 unspecified atom stereocenters. The number of aliphatic hydroxyl groups is 1. The highest BCUT2D eigenvalue weighted by Crippen LogP contribution is 2.18. The highest BCUT2D eigenvalue weighted by Gasteiger charge is 2.13. The summed E-state index contributed by atoms with van der Waals surface area (Å²) >= 11 is 5.72. The second-order valence-corrected chi connectivity index (χ2v) is 5.55. The van der Waals surface area contributed by atoms with Gasteiger partial charge in [-0.3, -0.25) is 0 Å². The first-order chi connectivity index (χ1) is 8.26. The van der Waals surface area contributed by atoms with E-state index in [-0.39, 0.29) is 18.8 Å². The van der Waals surface area contributed by atoms with Gasteiger partial charge in [-0.2, -0.15) is 0 Å². The Labute approximate surface area is 112 Å². The predicted molar refractivity (Wildman–Crippen MR) is 71.6 cm³/mol. The fraction of sp³-hybridized carbons (Fsp3) is 0.538. The minimum atomic E-state index is -0.661. The molecule has 0 aromatic heterocycles. The molecule has 1 rings (SSSR count).